The van der Waals surface area contributed by atoms with Crippen LogP contribution in [-0.4, -0.2) is 14.5 Å². The second-order valence-electron chi connectivity index (χ2n) is 15.7. The van der Waals surface area contributed by atoms with E-state index in [9.17, 15) is 0 Å². The van der Waals surface area contributed by atoms with Gasteiger partial charge in [0.25, 0.3) is 0 Å². The van der Waals surface area contributed by atoms with Crippen LogP contribution in [0.15, 0.2) is 203 Å². The Balaban J connectivity index is 0.000000234. The van der Waals surface area contributed by atoms with Gasteiger partial charge in [-0.2, -0.15) is 0 Å². The van der Waals surface area contributed by atoms with E-state index in [1.807, 2.05) is 24.3 Å². The van der Waals surface area contributed by atoms with Crippen molar-refractivity contribution in [2.75, 3.05) is 0 Å². The minimum absolute atomic E-state index is 0. The summed E-state index contributed by atoms with van der Waals surface area (Å²) in [5.74, 6) is 0.775. The fourth-order valence-corrected chi connectivity index (χ4v) is 8.48. The number of hydrogen-bond donors (Lipinski definition) is 0. The van der Waals surface area contributed by atoms with Crippen LogP contribution in [0, 0.1) is 33.0 Å². The average Bonchev–Trinajstić information content (AvgIpc) is 4.09. The molecule has 1 radical (unpaired) electrons. The van der Waals surface area contributed by atoms with Crippen LogP contribution in [0.25, 0.3) is 106 Å². The van der Waals surface area contributed by atoms with Gasteiger partial charge >= 0.3 is 0 Å². The van der Waals surface area contributed by atoms with Crippen molar-refractivity contribution < 1.29 is 37.2 Å². The maximum Gasteiger partial charge on any atom is 0.135 e. The quantitative estimate of drug-likeness (QED) is 0.156. The predicted molar refractivity (Wildman–Crippen MR) is 261 cm³/mol. The number of hydrogen-bond acceptors (Lipinski definition) is 4. The molecule has 4 heterocycles. The van der Waals surface area contributed by atoms with E-state index in [0.717, 1.165) is 94.4 Å². The van der Waals surface area contributed by atoms with E-state index in [1.165, 1.54) is 30.0 Å². The molecule has 0 saturated carbocycles. The zero-order valence-electron chi connectivity index (χ0n) is 41.0. The van der Waals surface area contributed by atoms with Gasteiger partial charge in [0, 0.05) is 68.3 Å². The van der Waals surface area contributed by atoms with Gasteiger partial charge in [-0.1, -0.05) is 145 Å². The molecular weight excluding hydrogens is 975 g/mol. The number of fused-ring (bicyclic) bond motifs is 5. The third-order valence-electron chi connectivity index (χ3n) is 11.5. The van der Waals surface area contributed by atoms with Gasteiger partial charge < -0.3 is 18.4 Å². The predicted octanol–water partition coefficient (Wildman–Crippen LogP) is 15.6. The third-order valence-corrected chi connectivity index (χ3v) is 11.5. The van der Waals surface area contributed by atoms with E-state index in [4.69, 9.17) is 22.0 Å². The van der Waals surface area contributed by atoms with Gasteiger partial charge in [0.05, 0.1) is 22.5 Å². The molecule has 12 aromatic rings. The van der Waals surface area contributed by atoms with Crippen molar-refractivity contribution in [2.45, 2.75) is 20.6 Å². The van der Waals surface area contributed by atoms with Crippen molar-refractivity contribution in [3.63, 3.8) is 0 Å². The van der Waals surface area contributed by atoms with E-state index >= 15 is 0 Å². The molecule has 0 saturated heterocycles. The van der Waals surface area contributed by atoms with Gasteiger partial charge in [0.15, 0.2) is 0 Å². The molecule has 0 atom stereocenters. The number of benzene rings is 8. The Hall–Kier alpha value is -7.63. The normalized spacial score (nSPS) is 12.9. The van der Waals surface area contributed by atoms with Gasteiger partial charge in [0.2, 0.25) is 0 Å². The number of aromatic nitrogens is 3. The summed E-state index contributed by atoms with van der Waals surface area (Å²) < 4.78 is 58.2. The Labute approximate surface area is 399 Å². The Kier molecular flexibility index (Phi) is 9.37. The molecule has 4 aromatic heterocycles. The van der Waals surface area contributed by atoms with Crippen LogP contribution in [0.3, 0.4) is 0 Å². The minimum Gasteiger partial charge on any atom is -0.557 e. The molecule has 315 valence electrons. The molecule has 0 fully saturated rings. The molecule has 65 heavy (non-hydrogen) atoms. The summed E-state index contributed by atoms with van der Waals surface area (Å²) in [6.45, 7) is -2.17. The first-order chi connectivity index (χ1) is 33.9. The molecule has 0 N–H and O–H groups in total. The molecule has 5 nitrogen and oxygen atoms in total. The van der Waals surface area contributed by atoms with Crippen LogP contribution in [0.2, 0.25) is 0 Å². The summed E-state index contributed by atoms with van der Waals surface area (Å²) in [6.07, 6.45) is 4.59. The monoisotopic (exact) mass is 1020 g/mol. The van der Waals surface area contributed by atoms with E-state index in [-0.39, 0.29) is 31.2 Å². The summed E-state index contributed by atoms with van der Waals surface area (Å²) in [5, 5.41) is 3.16. The Morgan fingerprint density at radius 3 is 1.89 bits per heavy atom. The van der Waals surface area contributed by atoms with Gasteiger partial charge in [-0.05, 0) is 95.3 Å². The summed E-state index contributed by atoms with van der Waals surface area (Å²) in [4.78, 5) is 9.38. The number of imidazole rings is 1. The second-order valence-corrected chi connectivity index (χ2v) is 15.7. The smallest absolute Gasteiger partial charge is 0.135 e. The molecule has 8 aromatic carbocycles. The largest absolute Gasteiger partial charge is 0.557 e. The number of para-hydroxylation sites is 3. The molecule has 0 spiro atoms. The molecule has 12 rings (SSSR count). The summed E-state index contributed by atoms with van der Waals surface area (Å²) >= 11 is 0. The number of furan rings is 2. The Bertz CT molecular complexity index is 3740. The zero-order chi connectivity index (χ0) is 48.1. The van der Waals surface area contributed by atoms with E-state index in [1.54, 1.807) is 12.1 Å². The topological polar surface area (TPSA) is 57.0 Å². The van der Waals surface area contributed by atoms with E-state index in [2.05, 4.69) is 162 Å². The zero-order valence-corrected chi connectivity index (χ0v) is 37.4. The van der Waals surface area contributed by atoms with Crippen molar-refractivity contribution in [3.05, 3.63) is 223 Å². The summed E-state index contributed by atoms with van der Waals surface area (Å²) in [5.41, 5.74) is 15.7. The maximum atomic E-state index is 7.28. The van der Waals surface area contributed by atoms with Crippen molar-refractivity contribution >= 4 is 43.9 Å². The fraction of sp³-hybridized carbons (Fsp3) is 0.0508. The molecule has 0 bridgehead atoms. The first-order valence-corrected chi connectivity index (χ1v) is 21.0. The number of nitrogens with zero attached hydrogens (tertiary/aromatic N) is 3. The molecule has 0 unspecified atom stereocenters. The minimum atomic E-state index is -2.18. The second kappa shape index (κ2) is 17.5. The van der Waals surface area contributed by atoms with Crippen LogP contribution >= 0.6 is 0 Å². The van der Waals surface area contributed by atoms with Crippen molar-refractivity contribution in [3.8, 4) is 61.7 Å². The first kappa shape index (κ1) is 34.8. The summed E-state index contributed by atoms with van der Waals surface area (Å²) in [7, 11) is 0. The van der Waals surface area contributed by atoms with Crippen LogP contribution in [-0.2, 0) is 20.1 Å². The van der Waals surface area contributed by atoms with Crippen molar-refractivity contribution in [2.24, 2.45) is 0 Å². The SMILES string of the molecule is Cc1cc(-c2ccccc2)c(-n2c(-c3[c-]oc4ccc(-c5ccc6oc7ccccc7c6c5)cc34)nc3ccccc32)c(-c2ccccc2)c1.[2H]C([2H])([2H])c1c[c-]c(-c2ccc(C([2H])([2H])[2H])cn2)cc1.[Ir]. The Morgan fingerprint density at radius 2 is 1.20 bits per heavy atom. The van der Waals surface area contributed by atoms with Crippen molar-refractivity contribution in [1.82, 2.24) is 14.5 Å². The fourth-order valence-electron chi connectivity index (χ4n) is 8.48. The summed E-state index contributed by atoms with van der Waals surface area (Å²) in [6, 6.07) is 65.5. The van der Waals surface area contributed by atoms with Gasteiger partial charge in [-0.3, -0.25) is 4.98 Å². The van der Waals surface area contributed by atoms with Crippen LogP contribution in [0.5, 0.6) is 0 Å². The maximum absolute atomic E-state index is 7.28. The van der Waals surface area contributed by atoms with Crippen LogP contribution in [0.4, 0.5) is 0 Å². The molecule has 0 aliphatic heterocycles. The van der Waals surface area contributed by atoms with Crippen LogP contribution < -0.4 is 0 Å². The first-order valence-electron chi connectivity index (χ1n) is 24.0. The van der Waals surface area contributed by atoms with E-state index < -0.39 is 13.7 Å². The van der Waals surface area contributed by atoms with E-state index in [0.29, 0.717) is 11.3 Å². The van der Waals surface area contributed by atoms with Crippen molar-refractivity contribution in [1.29, 1.82) is 0 Å². The van der Waals surface area contributed by atoms with Gasteiger partial charge in [-0.15, -0.1) is 35.4 Å². The van der Waals surface area contributed by atoms with Gasteiger partial charge in [-0.25, -0.2) is 0 Å². The molecule has 0 aliphatic carbocycles. The van der Waals surface area contributed by atoms with Gasteiger partial charge in [0.1, 0.15) is 11.2 Å². The molecule has 6 heteroatoms. The number of aryl methyl sites for hydroxylation is 3. The van der Waals surface area contributed by atoms with Crippen LogP contribution in [0.1, 0.15) is 24.9 Å². The average molecular weight is 1020 g/mol. The molecule has 0 amide bonds. The third kappa shape index (κ3) is 7.89. The Morgan fingerprint density at radius 1 is 0.554 bits per heavy atom. The molecular formula is C59H41IrN3O2-2. The number of rotatable bonds is 6. The molecule has 0 aliphatic rings. The number of pyridine rings is 1. The standard InChI is InChI=1S/C46H29N2O2.C13H12N.Ir/c1-29-24-35(30-12-4-2-5-13-30)45(36(25-29)31-14-6-3-7-15-31)48-41-18-10-9-17-40(41)47-46(48)39-28-49-42-22-20-32(27-38(39)42)33-21-23-44-37(26-33)34-16-8-11-19-43(34)50-44;1-10-3-6-12(7-4-10)13-8-5-11(2)9-14-13;/h2-27H,1H3;3-6,8-9H,1-2H3;/q2*-1;/i;1D3,2D3;.